The Hall–Kier alpha value is -2.70. The van der Waals surface area contributed by atoms with Crippen LogP contribution in [0.25, 0.3) is 5.69 Å². The lowest BCUT2D eigenvalue weighted by Gasteiger charge is -2.36. The fourth-order valence-corrected chi connectivity index (χ4v) is 3.37. The maximum atomic E-state index is 13.2. The molecular formula is C20H22ClN5O. The second-order valence-corrected chi connectivity index (χ2v) is 6.42. The third-order valence-electron chi connectivity index (χ3n) is 4.68. The van der Waals surface area contributed by atoms with Gasteiger partial charge in [-0.1, -0.05) is 24.3 Å². The predicted molar refractivity (Wildman–Crippen MR) is 106 cm³/mol. The van der Waals surface area contributed by atoms with Gasteiger partial charge >= 0.3 is 0 Å². The molecule has 1 unspecified atom stereocenters. The number of rotatable bonds is 3. The van der Waals surface area contributed by atoms with E-state index >= 15 is 0 Å². The van der Waals surface area contributed by atoms with Crippen molar-refractivity contribution in [1.29, 1.82) is 0 Å². The highest BCUT2D eigenvalue weighted by Gasteiger charge is 2.30. The highest BCUT2D eigenvalue weighted by Crippen LogP contribution is 2.24. The van der Waals surface area contributed by atoms with Crippen molar-refractivity contribution in [3.05, 3.63) is 77.9 Å². The molecule has 1 aliphatic rings. The van der Waals surface area contributed by atoms with Crippen LogP contribution in [0.3, 0.4) is 0 Å². The molecule has 4 rings (SSSR count). The highest BCUT2D eigenvalue weighted by atomic mass is 35.5. The molecule has 3 aromatic rings. The van der Waals surface area contributed by atoms with E-state index in [0.717, 1.165) is 30.0 Å². The summed E-state index contributed by atoms with van der Waals surface area (Å²) in [5.41, 5.74) is 3.40. The standard InChI is InChI=1S/C20H21N5O.ClH/c1-15-12-18(23-25(15)17-7-3-2-4-8-17)20(26)24-11-10-22-14-19(24)16-6-5-9-21-13-16;/h2-9,12-13,19,22H,10-11,14H2,1H3;1H. The normalized spacial score (nSPS) is 16.6. The van der Waals surface area contributed by atoms with Crippen LogP contribution in [0.4, 0.5) is 0 Å². The third kappa shape index (κ3) is 3.86. The molecule has 27 heavy (non-hydrogen) atoms. The van der Waals surface area contributed by atoms with Gasteiger partial charge < -0.3 is 10.2 Å². The van der Waals surface area contributed by atoms with Crippen molar-refractivity contribution >= 4 is 18.3 Å². The molecule has 7 heteroatoms. The van der Waals surface area contributed by atoms with Crippen molar-refractivity contribution in [1.82, 2.24) is 25.0 Å². The fraction of sp³-hybridized carbons (Fsp3) is 0.250. The molecule has 1 fully saturated rings. The molecule has 0 radical (unpaired) electrons. The molecule has 1 amide bonds. The largest absolute Gasteiger partial charge is 0.328 e. The van der Waals surface area contributed by atoms with Crippen molar-refractivity contribution in [2.24, 2.45) is 0 Å². The van der Waals surface area contributed by atoms with Gasteiger partial charge in [0.05, 0.1) is 11.7 Å². The molecule has 140 valence electrons. The van der Waals surface area contributed by atoms with Crippen molar-refractivity contribution in [2.75, 3.05) is 19.6 Å². The lowest BCUT2D eigenvalue weighted by molar-refractivity contribution is 0.0627. The van der Waals surface area contributed by atoms with Crippen LogP contribution < -0.4 is 5.32 Å². The Morgan fingerprint density at radius 2 is 2.00 bits per heavy atom. The van der Waals surface area contributed by atoms with Gasteiger partial charge in [0.1, 0.15) is 0 Å². The molecule has 1 N–H and O–H groups in total. The van der Waals surface area contributed by atoms with Crippen LogP contribution in [0.5, 0.6) is 0 Å². The summed E-state index contributed by atoms with van der Waals surface area (Å²) in [6.07, 6.45) is 3.57. The van der Waals surface area contributed by atoms with E-state index in [4.69, 9.17) is 0 Å². The number of nitrogens with zero attached hydrogens (tertiary/aromatic N) is 4. The summed E-state index contributed by atoms with van der Waals surface area (Å²) in [6.45, 7) is 4.11. The molecule has 0 spiro atoms. The average molecular weight is 384 g/mol. The van der Waals surface area contributed by atoms with Gasteiger partial charge in [-0.25, -0.2) is 4.68 Å². The van der Waals surface area contributed by atoms with Crippen LogP contribution in [-0.2, 0) is 0 Å². The molecular weight excluding hydrogens is 362 g/mol. The van der Waals surface area contributed by atoms with Gasteiger partial charge in [0.25, 0.3) is 5.91 Å². The van der Waals surface area contributed by atoms with Gasteiger partial charge in [0.15, 0.2) is 5.69 Å². The van der Waals surface area contributed by atoms with E-state index in [1.165, 1.54) is 0 Å². The number of carbonyl (C=O) groups is 1. The van der Waals surface area contributed by atoms with E-state index < -0.39 is 0 Å². The summed E-state index contributed by atoms with van der Waals surface area (Å²) in [4.78, 5) is 19.3. The third-order valence-corrected chi connectivity index (χ3v) is 4.68. The smallest absolute Gasteiger partial charge is 0.274 e. The van der Waals surface area contributed by atoms with Crippen LogP contribution >= 0.6 is 12.4 Å². The number of benzene rings is 1. The number of para-hydroxylation sites is 1. The van der Waals surface area contributed by atoms with Crippen molar-refractivity contribution < 1.29 is 4.79 Å². The van der Waals surface area contributed by atoms with E-state index in [9.17, 15) is 4.79 Å². The Morgan fingerprint density at radius 1 is 1.19 bits per heavy atom. The molecule has 3 heterocycles. The van der Waals surface area contributed by atoms with E-state index in [-0.39, 0.29) is 24.4 Å². The van der Waals surface area contributed by atoms with E-state index in [0.29, 0.717) is 12.2 Å². The van der Waals surface area contributed by atoms with Crippen molar-refractivity contribution in [3.8, 4) is 5.69 Å². The van der Waals surface area contributed by atoms with Gasteiger partial charge in [-0.05, 0) is 36.8 Å². The van der Waals surface area contributed by atoms with E-state index in [1.54, 1.807) is 6.20 Å². The van der Waals surface area contributed by atoms with Gasteiger partial charge in [0.2, 0.25) is 0 Å². The monoisotopic (exact) mass is 383 g/mol. The van der Waals surface area contributed by atoms with Gasteiger partial charge in [-0.3, -0.25) is 9.78 Å². The topological polar surface area (TPSA) is 63.1 Å². The molecule has 0 aliphatic carbocycles. The molecule has 1 aromatic carbocycles. The van der Waals surface area contributed by atoms with E-state index in [1.807, 2.05) is 71.2 Å². The molecule has 6 nitrogen and oxygen atoms in total. The average Bonchev–Trinajstić information content (AvgIpc) is 3.10. The second kappa shape index (κ2) is 8.33. The molecule has 1 aliphatic heterocycles. The summed E-state index contributed by atoms with van der Waals surface area (Å²) in [7, 11) is 0. The van der Waals surface area contributed by atoms with Crippen molar-refractivity contribution in [2.45, 2.75) is 13.0 Å². The first-order chi connectivity index (χ1) is 12.7. The lowest BCUT2D eigenvalue weighted by atomic mass is 10.0. The lowest BCUT2D eigenvalue weighted by Crippen LogP contribution is -2.48. The number of hydrogen-bond acceptors (Lipinski definition) is 4. The number of aromatic nitrogens is 3. The Bertz CT molecular complexity index is 897. The molecule has 1 atom stereocenters. The number of piperazine rings is 1. The first kappa shape index (κ1) is 19.1. The maximum absolute atomic E-state index is 13.2. The van der Waals surface area contributed by atoms with Gasteiger partial charge in [0, 0.05) is 37.7 Å². The molecule has 0 saturated carbocycles. The minimum Gasteiger partial charge on any atom is -0.328 e. The van der Waals surface area contributed by atoms with Crippen molar-refractivity contribution in [3.63, 3.8) is 0 Å². The maximum Gasteiger partial charge on any atom is 0.274 e. The SMILES string of the molecule is Cc1cc(C(=O)N2CCNCC2c2cccnc2)nn1-c1ccccc1.Cl. The zero-order valence-electron chi connectivity index (χ0n) is 15.1. The van der Waals surface area contributed by atoms with E-state index in [2.05, 4.69) is 15.4 Å². The zero-order valence-corrected chi connectivity index (χ0v) is 15.9. The predicted octanol–water partition coefficient (Wildman–Crippen LogP) is 2.78. The van der Waals surface area contributed by atoms with Crippen LogP contribution in [0.15, 0.2) is 60.9 Å². The highest BCUT2D eigenvalue weighted by molar-refractivity contribution is 5.93. The quantitative estimate of drug-likeness (QED) is 0.755. The number of hydrogen-bond donors (Lipinski definition) is 1. The number of halogens is 1. The minimum atomic E-state index is -0.0434. The molecule has 2 aromatic heterocycles. The first-order valence-corrected chi connectivity index (χ1v) is 8.78. The number of pyridine rings is 1. The van der Waals surface area contributed by atoms with Gasteiger partial charge in [-0.15, -0.1) is 12.4 Å². The number of carbonyl (C=O) groups excluding carboxylic acids is 1. The van der Waals surface area contributed by atoms with Crippen LogP contribution in [-0.4, -0.2) is 45.2 Å². The fourth-order valence-electron chi connectivity index (χ4n) is 3.37. The summed E-state index contributed by atoms with van der Waals surface area (Å²) < 4.78 is 1.81. The zero-order chi connectivity index (χ0) is 17.9. The van der Waals surface area contributed by atoms with Crippen LogP contribution in [0, 0.1) is 6.92 Å². The summed E-state index contributed by atoms with van der Waals surface area (Å²) >= 11 is 0. The Balaban J connectivity index is 0.00000210. The summed E-state index contributed by atoms with van der Waals surface area (Å²) in [5.74, 6) is -0.0434. The Kier molecular flexibility index (Phi) is 5.88. The first-order valence-electron chi connectivity index (χ1n) is 8.78. The molecule has 1 saturated heterocycles. The van der Waals surface area contributed by atoms with Crippen LogP contribution in [0.1, 0.15) is 27.8 Å². The summed E-state index contributed by atoms with van der Waals surface area (Å²) in [6, 6.07) is 15.6. The molecule has 0 bridgehead atoms. The Labute approximate surface area is 164 Å². The number of amides is 1. The van der Waals surface area contributed by atoms with Gasteiger partial charge in [-0.2, -0.15) is 5.10 Å². The number of aryl methyl sites for hydroxylation is 1. The minimum absolute atomic E-state index is 0. The van der Waals surface area contributed by atoms with Crippen LogP contribution in [0.2, 0.25) is 0 Å². The number of nitrogens with one attached hydrogen (secondary N) is 1. The second-order valence-electron chi connectivity index (χ2n) is 6.42. The summed E-state index contributed by atoms with van der Waals surface area (Å²) in [5, 5.41) is 7.94. The Morgan fingerprint density at radius 3 is 2.74 bits per heavy atom.